The van der Waals surface area contributed by atoms with Crippen molar-refractivity contribution in [2.75, 3.05) is 27.2 Å². The first kappa shape index (κ1) is 14.6. The predicted molar refractivity (Wildman–Crippen MR) is 80.0 cm³/mol. The minimum absolute atomic E-state index is 0.575. The van der Waals surface area contributed by atoms with Crippen LogP contribution in [0.5, 0.6) is 5.75 Å². The molecule has 0 radical (unpaired) electrons. The van der Waals surface area contributed by atoms with E-state index in [0.717, 1.165) is 29.4 Å². The van der Waals surface area contributed by atoms with Crippen molar-refractivity contribution >= 4 is 11.6 Å². The largest absolute Gasteiger partial charge is 0.496 e. The van der Waals surface area contributed by atoms with Gasteiger partial charge in [0.15, 0.2) is 0 Å². The molecule has 4 heteroatoms. The van der Waals surface area contributed by atoms with Gasteiger partial charge in [0.05, 0.1) is 7.11 Å². The number of nitrogens with one attached hydrogen (secondary N) is 1. The highest BCUT2D eigenvalue weighted by atomic mass is 35.5. The maximum atomic E-state index is 6.25. The van der Waals surface area contributed by atoms with Gasteiger partial charge >= 0.3 is 0 Å². The number of halogens is 1. The predicted octanol–water partition coefficient (Wildman–Crippen LogP) is 2.92. The molecule has 0 aromatic heterocycles. The van der Waals surface area contributed by atoms with Crippen molar-refractivity contribution in [3.8, 4) is 5.75 Å². The molecule has 1 saturated heterocycles. The summed E-state index contributed by atoms with van der Waals surface area (Å²) in [5.41, 5.74) is 1.06. The van der Waals surface area contributed by atoms with Gasteiger partial charge in [-0.1, -0.05) is 17.7 Å². The third kappa shape index (κ3) is 4.10. The zero-order valence-electron chi connectivity index (χ0n) is 11.8. The summed E-state index contributed by atoms with van der Waals surface area (Å²) in [5.74, 6) is 0.866. The second kappa shape index (κ2) is 7.13. The summed E-state index contributed by atoms with van der Waals surface area (Å²) in [7, 11) is 3.88. The van der Waals surface area contributed by atoms with Crippen LogP contribution >= 0.6 is 11.6 Å². The van der Waals surface area contributed by atoms with E-state index < -0.39 is 0 Å². The van der Waals surface area contributed by atoms with Gasteiger partial charge in [0.25, 0.3) is 0 Å². The first-order chi connectivity index (χ1) is 9.20. The molecule has 1 aliphatic heterocycles. The number of benzene rings is 1. The minimum Gasteiger partial charge on any atom is -0.496 e. The van der Waals surface area contributed by atoms with Crippen LogP contribution in [0.25, 0.3) is 0 Å². The highest BCUT2D eigenvalue weighted by molar-refractivity contribution is 6.31. The van der Waals surface area contributed by atoms with Crippen LogP contribution in [0.4, 0.5) is 0 Å². The van der Waals surface area contributed by atoms with E-state index in [0.29, 0.717) is 6.04 Å². The standard InChI is InChI=1S/C15H23ClN2O/c1-18-9-4-5-12(8-10-18)17-11-13-14(16)6-3-7-15(13)19-2/h3,6-7,12,17H,4-5,8-11H2,1-2H3. The van der Waals surface area contributed by atoms with Crippen LogP contribution in [-0.4, -0.2) is 38.2 Å². The molecule has 0 bridgehead atoms. The number of rotatable bonds is 4. The topological polar surface area (TPSA) is 24.5 Å². The normalized spacial score (nSPS) is 21.1. The number of hydrogen-bond donors (Lipinski definition) is 1. The lowest BCUT2D eigenvalue weighted by Crippen LogP contribution is -2.30. The Balaban J connectivity index is 1.95. The van der Waals surface area contributed by atoms with Gasteiger partial charge in [-0.05, 0) is 51.5 Å². The third-order valence-corrected chi connectivity index (χ3v) is 4.17. The van der Waals surface area contributed by atoms with Crippen LogP contribution in [0.2, 0.25) is 5.02 Å². The Labute approximate surface area is 120 Å². The lowest BCUT2D eigenvalue weighted by atomic mass is 10.1. The van der Waals surface area contributed by atoms with Crippen LogP contribution in [0, 0.1) is 0 Å². The van der Waals surface area contributed by atoms with Crippen LogP contribution in [-0.2, 0) is 6.54 Å². The number of ether oxygens (including phenoxy) is 1. The number of nitrogens with zero attached hydrogens (tertiary/aromatic N) is 1. The van der Waals surface area contributed by atoms with E-state index in [1.54, 1.807) is 7.11 Å². The van der Waals surface area contributed by atoms with Crippen LogP contribution in [0.3, 0.4) is 0 Å². The van der Waals surface area contributed by atoms with Gasteiger partial charge in [-0.3, -0.25) is 0 Å². The van der Waals surface area contributed by atoms with Crippen molar-refractivity contribution in [3.05, 3.63) is 28.8 Å². The van der Waals surface area contributed by atoms with Crippen molar-refractivity contribution < 1.29 is 4.74 Å². The Bertz CT molecular complexity index is 411. The van der Waals surface area contributed by atoms with E-state index in [1.807, 2.05) is 18.2 Å². The minimum atomic E-state index is 0.575. The average Bonchev–Trinajstić information content (AvgIpc) is 2.62. The number of methoxy groups -OCH3 is 1. The molecule has 1 N–H and O–H groups in total. The first-order valence-corrected chi connectivity index (χ1v) is 7.32. The molecule has 2 rings (SSSR count). The van der Waals surface area contributed by atoms with Crippen molar-refractivity contribution in [3.63, 3.8) is 0 Å². The monoisotopic (exact) mass is 282 g/mol. The number of hydrogen-bond acceptors (Lipinski definition) is 3. The van der Waals surface area contributed by atoms with Gasteiger partial charge in [-0.25, -0.2) is 0 Å². The lowest BCUT2D eigenvalue weighted by Gasteiger charge is -2.18. The van der Waals surface area contributed by atoms with Crippen molar-refractivity contribution in [2.45, 2.75) is 31.8 Å². The van der Waals surface area contributed by atoms with Crippen LogP contribution in [0.1, 0.15) is 24.8 Å². The van der Waals surface area contributed by atoms with Crippen molar-refractivity contribution in [1.29, 1.82) is 0 Å². The Hall–Kier alpha value is -0.770. The highest BCUT2D eigenvalue weighted by Gasteiger charge is 2.15. The summed E-state index contributed by atoms with van der Waals surface area (Å²) in [6.07, 6.45) is 3.69. The van der Waals surface area contributed by atoms with E-state index in [2.05, 4.69) is 17.3 Å². The Morgan fingerprint density at radius 1 is 1.37 bits per heavy atom. The van der Waals surface area contributed by atoms with Gasteiger partial charge in [-0.2, -0.15) is 0 Å². The third-order valence-electron chi connectivity index (χ3n) is 3.82. The molecule has 1 fully saturated rings. The van der Waals surface area contributed by atoms with E-state index in [1.165, 1.54) is 25.8 Å². The fraction of sp³-hybridized carbons (Fsp3) is 0.600. The average molecular weight is 283 g/mol. The maximum absolute atomic E-state index is 6.25. The zero-order valence-corrected chi connectivity index (χ0v) is 12.5. The van der Waals surface area contributed by atoms with E-state index in [9.17, 15) is 0 Å². The molecular formula is C15H23ClN2O. The quantitative estimate of drug-likeness (QED) is 0.919. The fourth-order valence-electron chi connectivity index (χ4n) is 2.59. The van der Waals surface area contributed by atoms with Crippen molar-refractivity contribution in [2.24, 2.45) is 0 Å². The molecule has 106 valence electrons. The van der Waals surface area contributed by atoms with E-state index in [-0.39, 0.29) is 0 Å². The summed E-state index contributed by atoms with van der Waals surface area (Å²) >= 11 is 6.25. The van der Waals surface area contributed by atoms with Crippen molar-refractivity contribution in [1.82, 2.24) is 10.2 Å². The Morgan fingerprint density at radius 2 is 2.21 bits per heavy atom. The lowest BCUT2D eigenvalue weighted by molar-refractivity contribution is 0.343. The molecule has 1 atom stereocenters. The Kier molecular flexibility index (Phi) is 5.49. The second-order valence-corrected chi connectivity index (χ2v) is 5.64. The van der Waals surface area contributed by atoms with Gasteiger partial charge in [0.1, 0.15) is 5.75 Å². The van der Waals surface area contributed by atoms with E-state index in [4.69, 9.17) is 16.3 Å². The first-order valence-electron chi connectivity index (χ1n) is 6.94. The van der Waals surface area contributed by atoms with Gasteiger partial charge in [0, 0.05) is 23.2 Å². The summed E-state index contributed by atoms with van der Waals surface area (Å²) in [4.78, 5) is 2.40. The summed E-state index contributed by atoms with van der Waals surface area (Å²) < 4.78 is 5.38. The van der Waals surface area contributed by atoms with Crippen LogP contribution in [0.15, 0.2) is 18.2 Å². The molecule has 0 aliphatic carbocycles. The summed E-state index contributed by atoms with van der Waals surface area (Å²) in [5, 5.41) is 4.40. The summed E-state index contributed by atoms with van der Waals surface area (Å²) in [6.45, 7) is 3.14. The zero-order chi connectivity index (χ0) is 13.7. The SMILES string of the molecule is COc1cccc(Cl)c1CNC1CCCN(C)CC1. The molecule has 3 nitrogen and oxygen atoms in total. The van der Waals surface area contributed by atoms with Gasteiger partial charge < -0.3 is 15.0 Å². The Morgan fingerprint density at radius 3 is 3.00 bits per heavy atom. The highest BCUT2D eigenvalue weighted by Crippen LogP contribution is 2.26. The van der Waals surface area contributed by atoms with Crippen LogP contribution < -0.4 is 10.1 Å². The maximum Gasteiger partial charge on any atom is 0.124 e. The molecule has 1 aliphatic rings. The molecule has 0 saturated carbocycles. The molecule has 19 heavy (non-hydrogen) atoms. The molecule has 1 heterocycles. The molecular weight excluding hydrogens is 260 g/mol. The molecule has 1 aromatic rings. The second-order valence-electron chi connectivity index (χ2n) is 5.23. The fourth-order valence-corrected chi connectivity index (χ4v) is 2.82. The molecule has 0 spiro atoms. The van der Waals surface area contributed by atoms with Gasteiger partial charge in [0.2, 0.25) is 0 Å². The molecule has 0 amide bonds. The van der Waals surface area contributed by atoms with Gasteiger partial charge in [-0.15, -0.1) is 0 Å². The number of likely N-dealkylation sites (tertiary alicyclic amines) is 1. The molecule has 1 aromatic carbocycles. The van der Waals surface area contributed by atoms with E-state index >= 15 is 0 Å². The molecule has 1 unspecified atom stereocenters. The summed E-state index contributed by atoms with van der Waals surface area (Å²) in [6, 6.07) is 6.38. The smallest absolute Gasteiger partial charge is 0.124 e.